The molecule has 0 spiro atoms. The van der Waals surface area contributed by atoms with E-state index in [0.29, 0.717) is 0 Å². The summed E-state index contributed by atoms with van der Waals surface area (Å²) >= 11 is 0. The molecule has 2 unspecified atom stereocenters. The third-order valence-corrected chi connectivity index (χ3v) is 1.32. The lowest BCUT2D eigenvalue weighted by atomic mass is 10.1. The van der Waals surface area contributed by atoms with Crippen molar-refractivity contribution in [1.29, 1.82) is 0 Å². The minimum absolute atomic E-state index is 0.112. The van der Waals surface area contributed by atoms with Crippen LogP contribution in [0.25, 0.3) is 0 Å². The maximum Gasteiger partial charge on any atom is 0.334 e. The molecular weight excluding hydrogens is 178 g/mol. The molecule has 0 radical (unpaired) electrons. The van der Waals surface area contributed by atoms with Crippen molar-refractivity contribution >= 4 is 11.9 Å². The first-order chi connectivity index (χ1) is 6.00. The summed E-state index contributed by atoms with van der Waals surface area (Å²) in [5.74, 6) is -3.00. The fourth-order valence-electron chi connectivity index (χ4n) is 0.687. The van der Waals surface area contributed by atoms with Crippen molar-refractivity contribution in [3.05, 3.63) is 12.7 Å². The van der Waals surface area contributed by atoms with Gasteiger partial charge in [-0.05, 0) is 0 Å². The second-order valence-corrected chi connectivity index (χ2v) is 2.30. The van der Waals surface area contributed by atoms with E-state index in [1.807, 2.05) is 0 Å². The first-order valence-corrected chi connectivity index (χ1v) is 3.48. The van der Waals surface area contributed by atoms with Crippen LogP contribution in [0.1, 0.15) is 0 Å². The van der Waals surface area contributed by atoms with Crippen molar-refractivity contribution in [3.8, 4) is 0 Å². The van der Waals surface area contributed by atoms with Crippen molar-refractivity contribution < 1.29 is 24.9 Å². The highest BCUT2D eigenvalue weighted by Gasteiger charge is 2.30. The van der Waals surface area contributed by atoms with Crippen molar-refractivity contribution in [1.82, 2.24) is 5.32 Å². The molecule has 0 aromatic heterocycles. The Morgan fingerprint density at radius 1 is 1.38 bits per heavy atom. The number of carbonyl (C=O) groups is 2. The fraction of sp³-hybridized carbons (Fsp3) is 0.429. The van der Waals surface area contributed by atoms with Crippen LogP contribution in [0.2, 0.25) is 0 Å². The summed E-state index contributed by atoms with van der Waals surface area (Å²) in [6.07, 6.45) is -0.595. The topological polar surface area (TPSA) is 107 Å². The van der Waals surface area contributed by atoms with Gasteiger partial charge in [0.25, 0.3) is 0 Å². The molecule has 0 saturated heterocycles. The minimum atomic E-state index is -1.96. The van der Waals surface area contributed by atoms with Crippen LogP contribution in [0.3, 0.4) is 0 Å². The van der Waals surface area contributed by atoms with E-state index >= 15 is 0 Å². The Kier molecular flexibility index (Phi) is 4.71. The molecule has 0 saturated carbocycles. The zero-order valence-corrected chi connectivity index (χ0v) is 6.80. The lowest BCUT2D eigenvalue weighted by molar-refractivity contribution is -0.156. The van der Waals surface area contributed by atoms with Crippen molar-refractivity contribution in [2.45, 2.75) is 12.1 Å². The standard InChI is InChI=1S/C7H11NO5/c1-2-3-8-4(6(10)11)5(9)7(12)13/h2,4-5,8-9H,1,3H2,(H,10,11)(H,12,13). The second-order valence-electron chi connectivity index (χ2n) is 2.30. The molecule has 0 rings (SSSR count). The van der Waals surface area contributed by atoms with Gasteiger partial charge in [-0.1, -0.05) is 6.08 Å². The number of aliphatic hydroxyl groups excluding tert-OH is 1. The molecule has 4 N–H and O–H groups in total. The number of aliphatic hydroxyl groups is 1. The number of aliphatic carboxylic acids is 2. The summed E-state index contributed by atoms with van der Waals surface area (Å²) in [7, 11) is 0. The number of carboxylic acid groups (broad SMARTS) is 2. The SMILES string of the molecule is C=CCNC(C(=O)O)C(O)C(=O)O. The van der Waals surface area contributed by atoms with Crippen molar-refractivity contribution in [3.63, 3.8) is 0 Å². The molecule has 0 aromatic carbocycles. The number of rotatable bonds is 6. The fourth-order valence-corrected chi connectivity index (χ4v) is 0.687. The summed E-state index contributed by atoms with van der Waals surface area (Å²) in [6, 6.07) is -1.52. The summed E-state index contributed by atoms with van der Waals surface area (Å²) in [5.41, 5.74) is 0. The van der Waals surface area contributed by atoms with Gasteiger partial charge in [0, 0.05) is 6.54 Å². The normalized spacial score (nSPS) is 14.5. The summed E-state index contributed by atoms with van der Waals surface area (Å²) in [5, 5.41) is 28.0. The predicted octanol–water partition coefficient (Wildman–Crippen LogP) is -1.34. The molecule has 6 nitrogen and oxygen atoms in total. The van der Waals surface area contributed by atoms with Gasteiger partial charge in [-0.3, -0.25) is 10.1 Å². The highest BCUT2D eigenvalue weighted by molar-refractivity contribution is 5.84. The van der Waals surface area contributed by atoms with Gasteiger partial charge in [0.15, 0.2) is 6.10 Å². The molecule has 2 atom stereocenters. The average molecular weight is 189 g/mol. The Labute approximate surface area is 74.5 Å². The molecular formula is C7H11NO5. The van der Waals surface area contributed by atoms with E-state index in [0.717, 1.165) is 0 Å². The Bertz CT molecular complexity index is 215. The highest BCUT2D eigenvalue weighted by atomic mass is 16.4. The Morgan fingerprint density at radius 3 is 2.23 bits per heavy atom. The molecule has 0 aliphatic heterocycles. The number of hydrogen-bond acceptors (Lipinski definition) is 4. The molecule has 13 heavy (non-hydrogen) atoms. The maximum atomic E-state index is 10.4. The van der Waals surface area contributed by atoms with Gasteiger partial charge < -0.3 is 15.3 Å². The van der Waals surface area contributed by atoms with Crippen molar-refractivity contribution in [2.24, 2.45) is 0 Å². The second kappa shape index (κ2) is 5.28. The van der Waals surface area contributed by atoms with Gasteiger partial charge in [-0.2, -0.15) is 0 Å². The van der Waals surface area contributed by atoms with E-state index in [4.69, 9.17) is 15.3 Å². The largest absolute Gasteiger partial charge is 0.480 e. The van der Waals surface area contributed by atoms with E-state index in [1.54, 1.807) is 0 Å². The van der Waals surface area contributed by atoms with Crippen LogP contribution in [0.4, 0.5) is 0 Å². The molecule has 0 fully saturated rings. The van der Waals surface area contributed by atoms with Crippen LogP contribution >= 0.6 is 0 Å². The molecule has 74 valence electrons. The van der Waals surface area contributed by atoms with Gasteiger partial charge in [-0.15, -0.1) is 6.58 Å². The maximum absolute atomic E-state index is 10.4. The monoisotopic (exact) mass is 189 g/mol. The van der Waals surface area contributed by atoms with Gasteiger partial charge in [0.1, 0.15) is 6.04 Å². The lowest BCUT2D eigenvalue weighted by Gasteiger charge is -2.15. The molecule has 0 aliphatic rings. The predicted molar refractivity (Wildman–Crippen MR) is 43.3 cm³/mol. The molecule has 0 amide bonds. The molecule has 6 heteroatoms. The van der Waals surface area contributed by atoms with E-state index < -0.39 is 24.1 Å². The smallest absolute Gasteiger partial charge is 0.334 e. The first kappa shape index (κ1) is 11.6. The zero-order chi connectivity index (χ0) is 10.4. The van der Waals surface area contributed by atoms with Gasteiger partial charge >= 0.3 is 11.9 Å². The summed E-state index contributed by atoms with van der Waals surface area (Å²) < 4.78 is 0. The Hall–Kier alpha value is -1.40. The first-order valence-electron chi connectivity index (χ1n) is 3.48. The Morgan fingerprint density at radius 2 is 1.92 bits per heavy atom. The van der Waals surface area contributed by atoms with E-state index in [2.05, 4.69) is 11.9 Å². The number of hydrogen-bond donors (Lipinski definition) is 4. The third kappa shape index (κ3) is 3.68. The average Bonchev–Trinajstić information content (AvgIpc) is 2.04. The molecule has 0 heterocycles. The van der Waals surface area contributed by atoms with Crippen LogP contribution in [0, 0.1) is 0 Å². The van der Waals surface area contributed by atoms with Gasteiger partial charge in [0.2, 0.25) is 0 Å². The van der Waals surface area contributed by atoms with Gasteiger partial charge in [0.05, 0.1) is 0 Å². The van der Waals surface area contributed by atoms with Crippen LogP contribution in [-0.2, 0) is 9.59 Å². The quantitative estimate of drug-likeness (QED) is 0.385. The van der Waals surface area contributed by atoms with Crippen LogP contribution < -0.4 is 5.32 Å². The summed E-state index contributed by atoms with van der Waals surface area (Å²) in [4.78, 5) is 20.7. The number of carboxylic acids is 2. The highest BCUT2D eigenvalue weighted by Crippen LogP contribution is 1.94. The summed E-state index contributed by atoms with van der Waals surface area (Å²) in [6.45, 7) is 3.42. The molecule has 0 aromatic rings. The van der Waals surface area contributed by atoms with Crippen LogP contribution in [0.15, 0.2) is 12.7 Å². The van der Waals surface area contributed by atoms with E-state index in [-0.39, 0.29) is 6.54 Å². The molecule has 0 aliphatic carbocycles. The zero-order valence-electron chi connectivity index (χ0n) is 6.80. The Balaban J connectivity index is 4.31. The van der Waals surface area contributed by atoms with Crippen molar-refractivity contribution in [2.75, 3.05) is 6.54 Å². The third-order valence-electron chi connectivity index (χ3n) is 1.32. The molecule has 0 bridgehead atoms. The van der Waals surface area contributed by atoms with Crippen LogP contribution in [-0.4, -0.2) is 45.9 Å². The van der Waals surface area contributed by atoms with Crippen LogP contribution in [0.5, 0.6) is 0 Å². The number of nitrogens with one attached hydrogen (secondary N) is 1. The van der Waals surface area contributed by atoms with Gasteiger partial charge in [-0.25, -0.2) is 4.79 Å². The van der Waals surface area contributed by atoms with E-state index in [1.165, 1.54) is 6.08 Å². The lowest BCUT2D eigenvalue weighted by Crippen LogP contribution is -2.49. The van der Waals surface area contributed by atoms with E-state index in [9.17, 15) is 9.59 Å². The minimum Gasteiger partial charge on any atom is -0.480 e.